The van der Waals surface area contributed by atoms with Crippen LogP contribution < -0.4 is 5.32 Å². The molecule has 1 amide bonds. The van der Waals surface area contributed by atoms with Crippen molar-refractivity contribution in [2.75, 3.05) is 7.11 Å². The maximum absolute atomic E-state index is 12.6. The van der Waals surface area contributed by atoms with E-state index >= 15 is 0 Å². The van der Waals surface area contributed by atoms with Gasteiger partial charge < -0.3 is 14.8 Å². The highest BCUT2D eigenvalue weighted by Crippen LogP contribution is 2.43. The molecule has 1 aliphatic carbocycles. The number of carbonyl (C=O) groups is 2. The fourth-order valence-corrected chi connectivity index (χ4v) is 5.11. The molecule has 196 valence electrons. The molecule has 4 aromatic rings. The molecule has 0 bridgehead atoms. The van der Waals surface area contributed by atoms with Crippen LogP contribution >= 0.6 is 11.6 Å². The van der Waals surface area contributed by atoms with Crippen molar-refractivity contribution in [1.29, 1.82) is 0 Å². The average Bonchev–Trinajstić information content (AvgIpc) is 3.24. The molecule has 2 aromatic carbocycles. The third kappa shape index (κ3) is 4.86. The normalized spacial score (nSPS) is 14.6. The molecule has 38 heavy (non-hydrogen) atoms. The molecule has 2 aromatic heterocycles. The molecular formula is C30H30ClN3O4. The molecular weight excluding hydrogens is 502 g/mol. The zero-order valence-corrected chi connectivity index (χ0v) is 22.6. The van der Waals surface area contributed by atoms with Gasteiger partial charge in [0.2, 0.25) is 0 Å². The number of rotatable bonds is 5. The van der Waals surface area contributed by atoms with Crippen LogP contribution in [0.25, 0.3) is 28.2 Å². The van der Waals surface area contributed by atoms with Gasteiger partial charge in [-0.1, -0.05) is 66.2 Å². The number of esters is 1. The van der Waals surface area contributed by atoms with Crippen molar-refractivity contribution in [3.63, 3.8) is 0 Å². The largest absolute Gasteiger partial charge is 0.465 e. The SMILES string of the molecule is COC(=O)c1cc(Cl)cn2c(-c3ccccc3)c(-c3ccc(C4(NC(=O)OC(C)(C)C)CCC4)cc3)nc12. The Balaban J connectivity index is 1.59. The minimum absolute atomic E-state index is 0.287. The van der Waals surface area contributed by atoms with Crippen LogP contribution in [0.2, 0.25) is 5.02 Å². The number of fused-ring (bicyclic) bond motifs is 1. The third-order valence-corrected chi connectivity index (χ3v) is 7.00. The van der Waals surface area contributed by atoms with E-state index in [1.165, 1.54) is 7.11 Å². The lowest BCUT2D eigenvalue weighted by Gasteiger charge is -2.43. The van der Waals surface area contributed by atoms with Gasteiger partial charge in [0.1, 0.15) is 11.2 Å². The van der Waals surface area contributed by atoms with Crippen molar-refractivity contribution in [3.8, 4) is 22.5 Å². The first-order valence-corrected chi connectivity index (χ1v) is 13.0. The summed E-state index contributed by atoms with van der Waals surface area (Å²) in [5.41, 5.74) is 4.06. The summed E-state index contributed by atoms with van der Waals surface area (Å²) in [5, 5.41) is 3.50. The van der Waals surface area contributed by atoms with Gasteiger partial charge in [-0.15, -0.1) is 0 Å². The number of aromatic nitrogens is 2. The Hall–Kier alpha value is -3.84. The fraction of sp³-hybridized carbons (Fsp3) is 0.300. The van der Waals surface area contributed by atoms with Gasteiger partial charge in [0, 0.05) is 17.3 Å². The monoisotopic (exact) mass is 531 g/mol. The number of pyridine rings is 1. The molecule has 0 spiro atoms. The van der Waals surface area contributed by atoms with Gasteiger partial charge >= 0.3 is 12.1 Å². The first kappa shape index (κ1) is 25.8. The number of alkyl carbamates (subject to hydrolysis) is 1. The Labute approximate surface area is 226 Å². The summed E-state index contributed by atoms with van der Waals surface area (Å²) in [6.07, 6.45) is 4.05. The Kier molecular flexibility index (Phi) is 6.65. The molecule has 1 N–H and O–H groups in total. The number of amides is 1. The predicted octanol–water partition coefficient (Wildman–Crippen LogP) is 7.01. The molecule has 2 heterocycles. The first-order chi connectivity index (χ1) is 18.1. The highest BCUT2D eigenvalue weighted by atomic mass is 35.5. The molecule has 0 aliphatic heterocycles. The van der Waals surface area contributed by atoms with Crippen LogP contribution in [-0.2, 0) is 15.0 Å². The van der Waals surface area contributed by atoms with Crippen LogP contribution in [0.1, 0.15) is 56.0 Å². The van der Waals surface area contributed by atoms with E-state index in [1.54, 1.807) is 12.3 Å². The second-order valence-electron chi connectivity index (χ2n) is 10.6. The minimum atomic E-state index is -0.568. The number of nitrogens with one attached hydrogen (secondary N) is 1. The predicted molar refractivity (Wildman–Crippen MR) is 147 cm³/mol. The van der Waals surface area contributed by atoms with Crippen LogP contribution in [0.5, 0.6) is 0 Å². The van der Waals surface area contributed by atoms with E-state index in [2.05, 4.69) is 5.32 Å². The van der Waals surface area contributed by atoms with E-state index in [9.17, 15) is 9.59 Å². The number of benzene rings is 2. The standard InChI is InChI=1S/C30H30ClN3O4/c1-29(2,3)38-28(36)33-30(15-8-16-30)21-13-11-19(12-14-21)24-25(20-9-6-5-7-10-20)34-18-22(31)17-23(26(34)32-24)27(35)37-4/h5-7,9-14,17-18H,8,15-16H2,1-4H3,(H,33,36). The maximum atomic E-state index is 12.6. The molecule has 0 radical (unpaired) electrons. The highest BCUT2D eigenvalue weighted by molar-refractivity contribution is 6.31. The van der Waals surface area contributed by atoms with Gasteiger partial charge in [-0.3, -0.25) is 4.40 Å². The number of carbonyl (C=O) groups excluding carboxylic acids is 2. The molecule has 1 aliphatic rings. The van der Waals surface area contributed by atoms with Crippen molar-refractivity contribution in [3.05, 3.63) is 83.0 Å². The van der Waals surface area contributed by atoms with Crippen LogP contribution in [0.4, 0.5) is 4.79 Å². The Morgan fingerprint density at radius 1 is 1.03 bits per heavy atom. The zero-order chi connectivity index (χ0) is 27.1. The van der Waals surface area contributed by atoms with Crippen molar-refractivity contribution in [1.82, 2.24) is 14.7 Å². The summed E-state index contributed by atoms with van der Waals surface area (Å²) >= 11 is 6.41. The van der Waals surface area contributed by atoms with E-state index in [0.717, 1.165) is 41.6 Å². The van der Waals surface area contributed by atoms with E-state index in [-0.39, 0.29) is 5.56 Å². The van der Waals surface area contributed by atoms with Crippen molar-refractivity contribution in [2.24, 2.45) is 0 Å². The Morgan fingerprint density at radius 3 is 2.29 bits per heavy atom. The summed E-state index contributed by atoms with van der Waals surface area (Å²) in [4.78, 5) is 30.0. The lowest BCUT2D eigenvalue weighted by atomic mass is 9.71. The zero-order valence-electron chi connectivity index (χ0n) is 21.9. The molecule has 0 atom stereocenters. The summed E-state index contributed by atoms with van der Waals surface area (Å²) in [5.74, 6) is -0.510. The summed E-state index contributed by atoms with van der Waals surface area (Å²) in [6, 6.07) is 19.5. The van der Waals surface area contributed by atoms with Gasteiger partial charge in [0.15, 0.2) is 5.65 Å². The number of methoxy groups -OCH3 is 1. The number of imidazole rings is 1. The van der Waals surface area contributed by atoms with Gasteiger partial charge in [0.05, 0.1) is 29.1 Å². The van der Waals surface area contributed by atoms with E-state index < -0.39 is 23.2 Å². The molecule has 0 saturated heterocycles. The summed E-state index contributed by atoms with van der Waals surface area (Å²) < 4.78 is 12.4. The first-order valence-electron chi connectivity index (χ1n) is 12.6. The highest BCUT2D eigenvalue weighted by Gasteiger charge is 2.41. The number of ether oxygens (including phenoxy) is 2. The van der Waals surface area contributed by atoms with Crippen molar-refractivity contribution < 1.29 is 19.1 Å². The summed E-state index contributed by atoms with van der Waals surface area (Å²) in [6.45, 7) is 5.56. The topological polar surface area (TPSA) is 81.9 Å². The van der Waals surface area contributed by atoms with Crippen LogP contribution in [0.3, 0.4) is 0 Å². The molecule has 8 heteroatoms. The molecule has 0 unspecified atom stereocenters. The van der Waals surface area contributed by atoms with Crippen LogP contribution in [0, 0.1) is 0 Å². The van der Waals surface area contributed by atoms with Crippen LogP contribution in [0.15, 0.2) is 66.9 Å². The molecule has 7 nitrogen and oxygen atoms in total. The second kappa shape index (κ2) is 9.80. The number of halogens is 1. The van der Waals surface area contributed by atoms with Crippen molar-refractivity contribution >= 4 is 29.3 Å². The summed E-state index contributed by atoms with van der Waals surface area (Å²) in [7, 11) is 1.34. The minimum Gasteiger partial charge on any atom is -0.465 e. The third-order valence-electron chi connectivity index (χ3n) is 6.80. The molecule has 1 fully saturated rings. The van der Waals surface area contributed by atoms with E-state index in [0.29, 0.717) is 16.4 Å². The van der Waals surface area contributed by atoms with Gasteiger partial charge in [-0.2, -0.15) is 0 Å². The maximum Gasteiger partial charge on any atom is 0.408 e. The Morgan fingerprint density at radius 2 is 1.71 bits per heavy atom. The van der Waals surface area contributed by atoms with Crippen LogP contribution in [-0.4, -0.2) is 34.2 Å². The van der Waals surface area contributed by atoms with Gasteiger partial charge in [-0.25, -0.2) is 14.6 Å². The quantitative estimate of drug-likeness (QED) is 0.280. The lowest BCUT2D eigenvalue weighted by Crippen LogP contribution is -2.52. The number of hydrogen-bond donors (Lipinski definition) is 1. The lowest BCUT2D eigenvalue weighted by molar-refractivity contribution is 0.0377. The van der Waals surface area contributed by atoms with Gasteiger partial charge in [-0.05, 0) is 51.7 Å². The molecule has 5 rings (SSSR count). The second-order valence-corrected chi connectivity index (χ2v) is 11.0. The Bertz CT molecular complexity index is 1500. The number of nitrogens with zero attached hydrogens (tertiary/aromatic N) is 2. The van der Waals surface area contributed by atoms with Gasteiger partial charge in [0.25, 0.3) is 0 Å². The van der Waals surface area contributed by atoms with E-state index in [4.69, 9.17) is 26.1 Å². The fourth-order valence-electron chi connectivity index (χ4n) is 4.91. The van der Waals surface area contributed by atoms with Crippen molar-refractivity contribution in [2.45, 2.75) is 51.2 Å². The van der Waals surface area contributed by atoms with E-state index in [1.807, 2.05) is 79.8 Å². The molecule has 1 saturated carbocycles. The smallest absolute Gasteiger partial charge is 0.408 e. The average molecular weight is 532 g/mol. The number of hydrogen-bond acceptors (Lipinski definition) is 5.